The Kier molecular flexibility index (Phi) is 5.55. The van der Waals surface area contributed by atoms with E-state index in [1.807, 2.05) is 34.7 Å². The number of carbonyl (C=O) groups is 1. The second-order valence-electron chi connectivity index (χ2n) is 5.91. The van der Waals surface area contributed by atoms with Gasteiger partial charge in [-0.1, -0.05) is 17.4 Å². The third-order valence-corrected chi connectivity index (χ3v) is 4.34. The lowest BCUT2D eigenvalue weighted by Crippen LogP contribution is -2.43. The van der Waals surface area contributed by atoms with Crippen molar-refractivity contribution >= 4 is 5.91 Å². The van der Waals surface area contributed by atoms with Gasteiger partial charge in [0, 0.05) is 31.4 Å². The van der Waals surface area contributed by atoms with Crippen molar-refractivity contribution in [2.75, 3.05) is 19.8 Å². The van der Waals surface area contributed by atoms with Crippen LogP contribution in [-0.2, 0) is 28.9 Å². The number of fused-ring (bicyclic) bond motifs is 1. The maximum atomic E-state index is 12.9. The predicted molar refractivity (Wildman–Crippen MR) is 92.8 cm³/mol. The van der Waals surface area contributed by atoms with Crippen LogP contribution in [-0.4, -0.2) is 50.5 Å². The van der Waals surface area contributed by atoms with Crippen molar-refractivity contribution in [1.29, 1.82) is 0 Å². The van der Waals surface area contributed by atoms with Crippen LogP contribution in [0.1, 0.15) is 30.0 Å². The quantitative estimate of drug-likeness (QED) is 0.564. The minimum absolute atomic E-state index is 0.0302. The summed E-state index contributed by atoms with van der Waals surface area (Å²) in [7, 11) is 0. The highest BCUT2D eigenvalue weighted by Crippen LogP contribution is 2.29. The van der Waals surface area contributed by atoms with Crippen LogP contribution >= 0.6 is 0 Å². The number of nitrogens with zero attached hydrogens (tertiary/aromatic N) is 5. The summed E-state index contributed by atoms with van der Waals surface area (Å²) < 4.78 is 7.55. The maximum absolute atomic E-state index is 12.9. The Hall–Kier alpha value is -2.54. The average molecular weight is 341 g/mol. The van der Waals surface area contributed by atoms with E-state index in [4.69, 9.17) is 4.74 Å². The minimum atomic E-state index is -0.222. The molecule has 1 unspecified atom stereocenters. The molecule has 2 aromatic rings. The van der Waals surface area contributed by atoms with Gasteiger partial charge in [-0.2, -0.15) is 0 Å². The highest BCUT2D eigenvalue weighted by Gasteiger charge is 2.34. The second kappa shape index (κ2) is 8.02. The van der Waals surface area contributed by atoms with Gasteiger partial charge in [0.05, 0.1) is 25.3 Å². The summed E-state index contributed by atoms with van der Waals surface area (Å²) in [5, 5.41) is 8.54. The number of pyridine rings is 1. The summed E-state index contributed by atoms with van der Waals surface area (Å²) in [6, 6.07) is 5.38. The first-order valence-corrected chi connectivity index (χ1v) is 8.54. The first-order chi connectivity index (χ1) is 12.2. The molecule has 3 rings (SSSR count). The van der Waals surface area contributed by atoms with E-state index in [9.17, 15) is 4.79 Å². The molecule has 0 spiro atoms. The topological polar surface area (TPSA) is 73.1 Å². The Balaban J connectivity index is 1.81. The smallest absolute Gasteiger partial charge is 0.229 e. The Bertz CT molecular complexity index is 728. The van der Waals surface area contributed by atoms with E-state index in [1.54, 1.807) is 12.3 Å². The summed E-state index contributed by atoms with van der Waals surface area (Å²) in [5.41, 5.74) is 2.70. The van der Waals surface area contributed by atoms with Crippen LogP contribution in [0.25, 0.3) is 0 Å². The summed E-state index contributed by atoms with van der Waals surface area (Å²) >= 11 is 0. The van der Waals surface area contributed by atoms with E-state index < -0.39 is 0 Å². The molecule has 0 fully saturated rings. The van der Waals surface area contributed by atoms with Crippen LogP contribution in [0.15, 0.2) is 37.1 Å². The molecule has 0 saturated carbocycles. The van der Waals surface area contributed by atoms with Crippen LogP contribution in [0.4, 0.5) is 0 Å². The fourth-order valence-corrected chi connectivity index (χ4v) is 3.14. The third kappa shape index (κ3) is 3.76. The lowest BCUT2D eigenvalue weighted by Gasteiger charge is -2.34. The minimum Gasteiger partial charge on any atom is -0.375 e. The number of carbonyl (C=O) groups excluding carboxylic acids is 1. The van der Waals surface area contributed by atoms with Gasteiger partial charge in [0.2, 0.25) is 5.91 Å². The number of aryl methyl sites for hydroxylation is 1. The molecule has 25 heavy (non-hydrogen) atoms. The molecule has 1 atom stereocenters. The van der Waals surface area contributed by atoms with Crippen molar-refractivity contribution in [2.24, 2.45) is 0 Å². The zero-order valence-corrected chi connectivity index (χ0v) is 14.5. The fourth-order valence-electron chi connectivity index (χ4n) is 3.14. The molecule has 0 aliphatic carbocycles. The number of rotatable bonds is 7. The average Bonchev–Trinajstić information content (AvgIpc) is 3.06. The summed E-state index contributed by atoms with van der Waals surface area (Å²) in [5.74, 6) is 0.0302. The number of hydrogen-bond donors (Lipinski definition) is 0. The molecule has 132 valence electrons. The van der Waals surface area contributed by atoms with Crippen molar-refractivity contribution < 1.29 is 9.53 Å². The normalized spacial score (nSPS) is 16.5. The molecule has 1 amide bonds. The lowest BCUT2D eigenvalue weighted by atomic mass is 10.0. The number of hydrogen-bond acceptors (Lipinski definition) is 5. The van der Waals surface area contributed by atoms with Gasteiger partial charge in [0.25, 0.3) is 0 Å². The van der Waals surface area contributed by atoms with Crippen LogP contribution in [0.2, 0.25) is 0 Å². The zero-order valence-electron chi connectivity index (χ0n) is 14.5. The maximum Gasteiger partial charge on any atom is 0.229 e. The molecule has 7 nitrogen and oxygen atoms in total. The second-order valence-corrected chi connectivity index (χ2v) is 5.91. The highest BCUT2D eigenvalue weighted by molar-refractivity contribution is 5.79. The summed E-state index contributed by atoms with van der Waals surface area (Å²) in [4.78, 5) is 18.9. The molecule has 1 aliphatic heterocycles. The van der Waals surface area contributed by atoms with Crippen LogP contribution in [0.3, 0.4) is 0 Å². The van der Waals surface area contributed by atoms with Gasteiger partial charge in [-0.3, -0.25) is 9.78 Å². The van der Waals surface area contributed by atoms with Gasteiger partial charge in [-0.15, -0.1) is 11.7 Å². The molecular formula is C18H23N5O2. The van der Waals surface area contributed by atoms with Gasteiger partial charge in [0.15, 0.2) is 0 Å². The molecule has 0 N–H and O–H groups in total. The van der Waals surface area contributed by atoms with Crippen LogP contribution in [0.5, 0.6) is 0 Å². The number of ether oxygens (including phenoxy) is 1. The molecule has 0 aromatic carbocycles. The van der Waals surface area contributed by atoms with Crippen molar-refractivity contribution in [3.05, 3.63) is 54.1 Å². The van der Waals surface area contributed by atoms with Gasteiger partial charge in [0.1, 0.15) is 11.7 Å². The van der Waals surface area contributed by atoms with Gasteiger partial charge >= 0.3 is 0 Å². The predicted octanol–water partition coefficient (Wildman–Crippen LogP) is 1.56. The Morgan fingerprint density at radius 1 is 1.48 bits per heavy atom. The van der Waals surface area contributed by atoms with Crippen LogP contribution in [0, 0.1) is 0 Å². The first kappa shape index (κ1) is 17.3. The largest absolute Gasteiger partial charge is 0.375 e. The van der Waals surface area contributed by atoms with Crippen molar-refractivity contribution in [3.8, 4) is 0 Å². The van der Waals surface area contributed by atoms with Crippen LogP contribution < -0.4 is 0 Å². The van der Waals surface area contributed by atoms with Crippen molar-refractivity contribution in [2.45, 2.75) is 32.4 Å². The molecule has 0 radical (unpaired) electrons. The SMILES string of the molecule is C=CCOCC1c2nnn(CC)c2CCN1C(=O)Cc1ccccn1. The monoisotopic (exact) mass is 341 g/mol. The standard InChI is InChI=1S/C18H23N5O2/c1-3-11-25-13-16-18-15(23(4-2)21-20-18)8-10-22(16)17(24)12-14-7-5-6-9-19-14/h3,5-7,9,16H,1,4,8,10-13H2,2H3. The van der Waals surface area contributed by atoms with E-state index in [2.05, 4.69) is 21.9 Å². The van der Waals surface area contributed by atoms with E-state index >= 15 is 0 Å². The Morgan fingerprint density at radius 3 is 3.08 bits per heavy atom. The summed E-state index contributed by atoms with van der Waals surface area (Å²) in [6.07, 6.45) is 4.43. The van der Waals surface area contributed by atoms with E-state index in [0.29, 0.717) is 19.8 Å². The molecule has 3 heterocycles. The van der Waals surface area contributed by atoms with Crippen molar-refractivity contribution in [3.63, 3.8) is 0 Å². The Labute approximate surface area is 147 Å². The highest BCUT2D eigenvalue weighted by atomic mass is 16.5. The molecule has 0 bridgehead atoms. The number of aromatic nitrogens is 4. The van der Waals surface area contributed by atoms with Gasteiger partial charge in [-0.05, 0) is 19.1 Å². The lowest BCUT2D eigenvalue weighted by molar-refractivity contribution is -0.135. The fraction of sp³-hybridized carbons (Fsp3) is 0.444. The van der Waals surface area contributed by atoms with Crippen molar-refractivity contribution in [1.82, 2.24) is 24.9 Å². The van der Waals surface area contributed by atoms with Gasteiger partial charge < -0.3 is 9.64 Å². The Morgan fingerprint density at radius 2 is 2.36 bits per heavy atom. The van der Waals surface area contributed by atoms with E-state index in [0.717, 1.165) is 30.0 Å². The molecule has 0 saturated heterocycles. The van der Waals surface area contributed by atoms with E-state index in [-0.39, 0.29) is 18.4 Å². The first-order valence-electron chi connectivity index (χ1n) is 8.54. The van der Waals surface area contributed by atoms with E-state index in [1.165, 1.54) is 0 Å². The molecule has 1 aliphatic rings. The zero-order chi connectivity index (χ0) is 17.6. The third-order valence-electron chi connectivity index (χ3n) is 4.34. The molecular weight excluding hydrogens is 318 g/mol. The molecule has 7 heteroatoms. The molecule has 2 aromatic heterocycles. The summed E-state index contributed by atoms with van der Waals surface area (Å²) in [6.45, 7) is 7.93. The number of amides is 1. The van der Waals surface area contributed by atoms with Gasteiger partial charge in [-0.25, -0.2) is 4.68 Å².